The lowest BCUT2D eigenvalue weighted by molar-refractivity contribution is -0.143. The molecule has 2 rings (SSSR count). The smallest absolute Gasteiger partial charge is 0.263 e. The maximum atomic E-state index is 12.2. The predicted molar refractivity (Wildman–Crippen MR) is 83.1 cm³/mol. The third-order valence-corrected chi connectivity index (χ3v) is 3.74. The number of urea groups is 1. The van der Waals surface area contributed by atoms with Gasteiger partial charge >= 0.3 is 17.8 Å². The third kappa shape index (κ3) is 3.03. The molecule has 1 aromatic rings. The first-order valence-corrected chi connectivity index (χ1v) is 7.52. The summed E-state index contributed by atoms with van der Waals surface area (Å²) in [4.78, 5) is 37.9. The van der Waals surface area contributed by atoms with E-state index in [2.05, 4.69) is 20.8 Å². The molecule has 0 aliphatic carbocycles. The van der Waals surface area contributed by atoms with E-state index in [0.717, 1.165) is 15.4 Å². The van der Waals surface area contributed by atoms with Crippen molar-refractivity contribution in [2.45, 2.75) is 46.1 Å². The van der Waals surface area contributed by atoms with Gasteiger partial charge in [-0.15, -0.1) is 0 Å². The Kier molecular flexibility index (Phi) is 4.35. The first-order chi connectivity index (χ1) is 10.3. The van der Waals surface area contributed by atoms with Crippen LogP contribution in [0.5, 0.6) is 0 Å². The van der Waals surface area contributed by atoms with Crippen LogP contribution in [0.1, 0.15) is 45.2 Å². The zero-order valence-corrected chi connectivity index (χ0v) is 13.5. The van der Waals surface area contributed by atoms with Gasteiger partial charge in [0.25, 0.3) is 0 Å². The first kappa shape index (κ1) is 16.2. The van der Waals surface area contributed by atoms with Gasteiger partial charge < -0.3 is 0 Å². The van der Waals surface area contributed by atoms with Gasteiger partial charge in [0.05, 0.1) is 6.54 Å². The summed E-state index contributed by atoms with van der Waals surface area (Å²) in [5, 5.41) is 0. The Hall–Kier alpha value is -2.17. The molecule has 22 heavy (non-hydrogen) atoms. The van der Waals surface area contributed by atoms with Gasteiger partial charge in [-0.25, -0.2) is 4.79 Å². The van der Waals surface area contributed by atoms with Crippen molar-refractivity contribution in [2.75, 3.05) is 6.54 Å². The van der Waals surface area contributed by atoms with Crippen LogP contribution in [0.15, 0.2) is 24.3 Å². The molecule has 0 radical (unpaired) electrons. The van der Waals surface area contributed by atoms with E-state index in [1.54, 1.807) is 0 Å². The highest BCUT2D eigenvalue weighted by Crippen LogP contribution is 2.23. The molecule has 0 unspecified atom stereocenters. The summed E-state index contributed by atoms with van der Waals surface area (Å²) in [6.45, 7) is 8.64. The Balaban J connectivity index is 2.15. The van der Waals surface area contributed by atoms with Crippen molar-refractivity contribution in [3.05, 3.63) is 35.4 Å². The summed E-state index contributed by atoms with van der Waals surface area (Å²) in [6.07, 6.45) is 0.638. The SMILES string of the molecule is CCCN1C(=O)C(=O)N(Cc2ccc(C(C)(C)C)cc2)C1=O. The van der Waals surface area contributed by atoms with Gasteiger partial charge in [0.2, 0.25) is 0 Å². The molecule has 4 amide bonds. The minimum atomic E-state index is -0.738. The number of carbonyl (C=O) groups excluding carboxylic acids is 3. The van der Waals surface area contributed by atoms with Crippen molar-refractivity contribution in [3.8, 4) is 0 Å². The number of amides is 4. The van der Waals surface area contributed by atoms with Crippen LogP contribution in [0.2, 0.25) is 0 Å². The summed E-state index contributed by atoms with van der Waals surface area (Å²) < 4.78 is 0. The van der Waals surface area contributed by atoms with Gasteiger partial charge in [-0.05, 0) is 23.0 Å². The van der Waals surface area contributed by atoms with E-state index in [9.17, 15) is 14.4 Å². The minimum absolute atomic E-state index is 0.0473. The highest BCUT2D eigenvalue weighted by Gasteiger charge is 2.43. The fourth-order valence-electron chi connectivity index (χ4n) is 2.40. The van der Waals surface area contributed by atoms with E-state index in [0.29, 0.717) is 6.42 Å². The Labute approximate surface area is 130 Å². The second kappa shape index (κ2) is 5.91. The Morgan fingerprint density at radius 2 is 1.45 bits per heavy atom. The molecular formula is C17H22N2O3. The van der Waals surface area contributed by atoms with Crippen LogP contribution >= 0.6 is 0 Å². The molecule has 0 aromatic heterocycles. The number of carbonyl (C=O) groups is 3. The molecule has 118 valence electrons. The highest BCUT2D eigenvalue weighted by molar-refractivity contribution is 6.44. The van der Waals surface area contributed by atoms with Gasteiger partial charge in [-0.3, -0.25) is 19.4 Å². The minimum Gasteiger partial charge on any atom is -0.263 e. The molecule has 1 aromatic carbocycles. The van der Waals surface area contributed by atoms with E-state index in [1.165, 1.54) is 5.56 Å². The van der Waals surface area contributed by atoms with Crippen molar-refractivity contribution >= 4 is 17.8 Å². The third-order valence-electron chi connectivity index (χ3n) is 3.74. The van der Waals surface area contributed by atoms with E-state index in [1.807, 2.05) is 31.2 Å². The number of hydrogen-bond acceptors (Lipinski definition) is 3. The standard InChI is InChI=1S/C17H22N2O3/c1-5-10-18-14(20)15(21)19(16(18)22)11-12-6-8-13(9-7-12)17(2,3)4/h6-9H,5,10-11H2,1-4H3. The maximum absolute atomic E-state index is 12.2. The molecule has 5 heteroatoms. The zero-order valence-electron chi connectivity index (χ0n) is 13.5. The molecule has 0 N–H and O–H groups in total. The Bertz CT molecular complexity index is 599. The van der Waals surface area contributed by atoms with Crippen molar-refractivity contribution in [1.29, 1.82) is 0 Å². The van der Waals surface area contributed by atoms with Gasteiger partial charge in [-0.1, -0.05) is 52.0 Å². The lowest BCUT2D eigenvalue weighted by Crippen LogP contribution is -2.33. The van der Waals surface area contributed by atoms with Gasteiger partial charge in [0.1, 0.15) is 0 Å². The normalized spacial score (nSPS) is 15.9. The fourth-order valence-corrected chi connectivity index (χ4v) is 2.40. The molecule has 1 aliphatic heterocycles. The lowest BCUT2D eigenvalue weighted by atomic mass is 9.87. The summed E-state index contributed by atoms with van der Waals surface area (Å²) in [5.41, 5.74) is 2.06. The predicted octanol–water partition coefficient (Wildman–Crippen LogP) is 2.68. The number of nitrogens with zero attached hydrogens (tertiary/aromatic N) is 2. The molecule has 1 heterocycles. The van der Waals surface area contributed by atoms with Crippen LogP contribution in [0.4, 0.5) is 4.79 Å². The van der Waals surface area contributed by atoms with Crippen LogP contribution in [-0.4, -0.2) is 34.2 Å². The molecule has 0 bridgehead atoms. The van der Waals surface area contributed by atoms with E-state index in [4.69, 9.17) is 0 Å². The van der Waals surface area contributed by atoms with Crippen LogP contribution < -0.4 is 0 Å². The average Bonchev–Trinajstić information content (AvgIpc) is 2.65. The summed E-state index contributed by atoms with van der Waals surface area (Å²) >= 11 is 0. The molecule has 0 atom stereocenters. The van der Waals surface area contributed by atoms with Gasteiger partial charge in [0.15, 0.2) is 0 Å². The quantitative estimate of drug-likeness (QED) is 0.634. The molecule has 0 saturated carbocycles. The van der Waals surface area contributed by atoms with Gasteiger partial charge in [0, 0.05) is 6.54 Å². The number of imide groups is 2. The molecule has 1 saturated heterocycles. The average molecular weight is 302 g/mol. The summed E-state index contributed by atoms with van der Waals surface area (Å²) in [7, 11) is 0. The van der Waals surface area contributed by atoms with Crippen molar-refractivity contribution < 1.29 is 14.4 Å². The van der Waals surface area contributed by atoms with E-state index >= 15 is 0 Å². The van der Waals surface area contributed by atoms with Crippen molar-refractivity contribution in [2.24, 2.45) is 0 Å². The van der Waals surface area contributed by atoms with Crippen LogP contribution in [0.25, 0.3) is 0 Å². The Morgan fingerprint density at radius 3 is 1.95 bits per heavy atom. The molecular weight excluding hydrogens is 280 g/mol. The summed E-state index contributed by atoms with van der Waals surface area (Å²) in [6, 6.07) is 7.26. The van der Waals surface area contributed by atoms with Crippen molar-refractivity contribution in [1.82, 2.24) is 9.80 Å². The van der Waals surface area contributed by atoms with Crippen LogP contribution in [0.3, 0.4) is 0 Å². The van der Waals surface area contributed by atoms with Crippen LogP contribution in [-0.2, 0) is 21.5 Å². The molecule has 0 spiro atoms. The largest absolute Gasteiger partial charge is 0.334 e. The fraction of sp³-hybridized carbons (Fsp3) is 0.471. The summed E-state index contributed by atoms with van der Waals surface area (Å²) in [5.74, 6) is -1.46. The maximum Gasteiger partial charge on any atom is 0.334 e. The Morgan fingerprint density at radius 1 is 0.909 bits per heavy atom. The monoisotopic (exact) mass is 302 g/mol. The van der Waals surface area contributed by atoms with E-state index in [-0.39, 0.29) is 18.5 Å². The molecule has 5 nitrogen and oxygen atoms in total. The van der Waals surface area contributed by atoms with E-state index < -0.39 is 17.8 Å². The second-order valence-electron chi connectivity index (χ2n) is 6.58. The lowest BCUT2D eigenvalue weighted by Gasteiger charge is -2.20. The number of hydrogen-bond donors (Lipinski definition) is 0. The molecule has 1 fully saturated rings. The highest BCUT2D eigenvalue weighted by atomic mass is 16.2. The molecule has 1 aliphatic rings. The number of rotatable bonds is 4. The first-order valence-electron chi connectivity index (χ1n) is 7.52. The number of benzene rings is 1. The van der Waals surface area contributed by atoms with Gasteiger partial charge in [-0.2, -0.15) is 0 Å². The van der Waals surface area contributed by atoms with Crippen molar-refractivity contribution in [3.63, 3.8) is 0 Å². The zero-order chi connectivity index (χ0) is 16.5. The topological polar surface area (TPSA) is 57.7 Å². The second-order valence-corrected chi connectivity index (χ2v) is 6.58. The van der Waals surface area contributed by atoms with Crippen LogP contribution in [0, 0.1) is 0 Å².